The fourth-order valence-corrected chi connectivity index (χ4v) is 1.23. The molecule has 1 aromatic rings. The second kappa shape index (κ2) is 5.50. The molecule has 0 unspecified atom stereocenters. The van der Waals surface area contributed by atoms with Gasteiger partial charge in [0.2, 0.25) is 5.91 Å². The minimum Gasteiger partial charge on any atom is -0.376 e. The van der Waals surface area contributed by atoms with E-state index in [-0.39, 0.29) is 12.5 Å². The maximum absolute atomic E-state index is 11.1. The number of carbonyl (C=O) groups is 1. The first-order valence-electron chi connectivity index (χ1n) is 4.48. The van der Waals surface area contributed by atoms with Gasteiger partial charge in [-0.1, -0.05) is 17.7 Å². The molecule has 0 aromatic heterocycles. The van der Waals surface area contributed by atoms with Crippen LogP contribution in [0.3, 0.4) is 0 Å². The summed E-state index contributed by atoms with van der Waals surface area (Å²) in [5, 5.41) is 6.33. The molecule has 0 saturated heterocycles. The SMILES string of the molecule is CCNC(=O)CNc1cccc(Cl)c1. The van der Waals surface area contributed by atoms with E-state index in [9.17, 15) is 4.79 Å². The summed E-state index contributed by atoms with van der Waals surface area (Å²) >= 11 is 5.78. The Labute approximate surface area is 88.5 Å². The first-order chi connectivity index (χ1) is 6.72. The van der Waals surface area contributed by atoms with E-state index in [1.165, 1.54) is 0 Å². The third kappa shape index (κ3) is 3.66. The van der Waals surface area contributed by atoms with Crippen LogP contribution in [0.25, 0.3) is 0 Å². The average Bonchev–Trinajstić information content (AvgIpc) is 2.15. The van der Waals surface area contributed by atoms with Crippen molar-refractivity contribution >= 4 is 23.2 Å². The fourth-order valence-electron chi connectivity index (χ4n) is 1.04. The number of benzene rings is 1. The van der Waals surface area contributed by atoms with Crippen molar-refractivity contribution in [3.8, 4) is 0 Å². The van der Waals surface area contributed by atoms with Gasteiger partial charge in [0, 0.05) is 17.3 Å². The second-order valence-electron chi connectivity index (χ2n) is 2.82. The van der Waals surface area contributed by atoms with Crippen LogP contribution in [-0.4, -0.2) is 19.0 Å². The van der Waals surface area contributed by atoms with E-state index in [0.29, 0.717) is 11.6 Å². The highest BCUT2D eigenvalue weighted by molar-refractivity contribution is 6.30. The standard InChI is InChI=1S/C10H13ClN2O/c1-2-12-10(14)7-13-9-5-3-4-8(11)6-9/h3-6,13H,2,7H2,1H3,(H,12,14). The Morgan fingerprint density at radius 1 is 1.50 bits per heavy atom. The number of hydrogen-bond acceptors (Lipinski definition) is 2. The van der Waals surface area contributed by atoms with E-state index in [2.05, 4.69) is 10.6 Å². The van der Waals surface area contributed by atoms with Crippen molar-refractivity contribution in [2.75, 3.05) is 18.4 Å². The lowest BCUT2D eigenvalue weighted by molar-refractivity contribution is -0.119. The van der Waals surface area contributed by atoms with Gasteiger partial charge in [-0.25, -0.2) is 0 Å². The van der Waals surface area contributed by atoms with Crippen molar-refractivity contribution in [3.05, 3.63) is 29.3 Å². The van der Waals surface area contributed by atoms with Crippen molar-refractivity contribution in [1.82, 2.24) is 5.32 Å². The molecule has 0 fully saturated rings. The third-order valence-corrected chi connectivity index (χ3v) is 1.89. The van der Waals surface area contributed by atoms with Crippen molar-refractivity contribution in [2.45, 2.75) is 6.92 Å². The molecule has 1 aromatic carbocycles. The predicted octanol–water partition coefficient (Wildman–Crippen LogP) is 1.89. The largest absolute Gasteiger partial charge is 0.376 e. The number of likely N-dealkylation sites (N-methyl/N-ethyl adjacent to an activating group) is 1. The molecule has 1 rings (SSSR count). The molecule has 0 bridgehead atoms. The number of nitrogens with one attached hydrogen (secondary N) is 2. The van der Waals surface area contributed by atoms with Gasteiger partial charge in [-0.2, -0.15) is 0 Å². The number of hydrogen-bond donors (Lipinski definition) is 2. The summed E-state index contributed by atoms with van der Waals surface area (Å²) < 4.78 is 0. The molecule has 2 N–H and O–H groups in total. The Balaban J connectivity index is 2.41. The van der Waals surface area contributed by atoms with Gasteiger partial charge >= 0.3 is 0 Å². The molecular weight excluding hydrogens is 200 g/mol. The fraction of sp³-hybridized carbons (Fsp3) is 0.300. The van der Waals surface area contributed by atoms with E-state index in [1.54, 1.807) is 12.1 Å². The highest BCUT2D eigenvalue weighted by Gasteiger charge is 1.98. The highest BCUT2D eigenvalue weighted by Crippen LogP contribution is 2.14. The quantitative estimate of drug-likeness (QED) is 0.801. The lowest BCUT2D eigenvalue weighted by Gasteiger charge is -2.06. The van der Waals surface area contributed by atoms with Crippen LogP contribution in [0.15, 0.2) is 24.3 Å². The molecule has 4 heteroatoms. The van der Waals surface area contributed by atoms with Gasteiger partial charge in [0.1, 0.15) is 0 Å². The molecule has 0 aliphatic heterocycles. The Morgan fingerprint density at radius 2 is 2.29 bits per heavy atom. The third-order valence-electron chi connectivity index (χ3n) is 1.65. The Bertz CT molecular complexity index is 315. The van der Waals surface area contributed by atoms with Gasteiger partial charge < -0.3 is 10.6 Å². The topological polar surface area (TPSA) is 41.1 Å². The van der Waals surface area contributed by atoms with Gasteiger partial charge in [-0.3, -0.25) is 4.79 Å². The van der Waals surface area contributed by atoms with Crippen molar-refractivity contribution in [3.63, 3.8) is 0 Å². The minimum absolute atomic E-state index is 0.0209. The molecule has 0 radical (unpaired) electrons. The lowest BCUT2D eigenvalue weighted by atomic mass is 10.3. The zero-order valence-electron chi connectivity index (χ0n) is 8.01. The predicted molar refractivity (Wildman–Crippen MR) is 58.6 cm³/mol. The summed E-state index contributed by atoms with van der Waals surface area (Å²) in [5.74, 6) is -0.0209. The summed E-state index contributed by atoms with van der Waals surface area (Å²) in [4.78, 5) is 11.1. The average molecular weight is 213 g/mol. The van der Waals surface area contributed by atoms with E-state index in [1.807, 2.05) is 19.1 Å². The molecule has 14 heavy (non-hydrogen) atoms. The molecule has 0 heterocycles. The molecule has 1 amide bonds. The van der Waals surface area contributed by atoms with Gasteiger partial charge in [-0.15, -0.1) is 0 Å². The zero-order valence-corrected chi connectivity index (χ0v) is 8.77. The first-order valence-corrected chi connectivity index (χ1v) is 4.86. The van der Waals surface area contributed by atoms with Crippen LogP contribution in [0.1, 0.15) is 6.92 Å². The van der Waals surface area contributed by atoms with E-state index < -0.39 is 0 Å². The molecular formula is C10H13ClN2O. The normalized spacial score (nSPS) is 9.57. The Kier molecular flexibility index (Phi) is 4.26. The summed E-state index contributed by atoms with van der Waals surface area (Å²) in [7, 11) is 0. The number of halogens is 1. The molecule has 3 nitrogen and oxygen atoms in total. The van der Waals surface area contributed by atoms with Crippen LogP contribution < -0.4 is 10.6 Å². The van der Waals surface area contributed by atoms with Gasteiger partial charge in [0.25, 0.3) is 0 Å². The molecule has 0 saturated carbocycles. The van der Waals surface area contributed by atoms with Crippen molar-refractivity contribution in [2.24, 2.45) is 0 Å². The van der Waals surface area contributed by atoms with E-state index >= 15 is 0 Å². The zero-order chi connectivity index (χ0) is 10.4. The monoisotopic (exact) mass is 212 g/mol. The lowest BCUT2D eigenvalue weighted by Crippen LogP contribution is -2.29. The number of rotatable bonds is 4. The molecule has 0 atom stereocenters. The van der Waals surface area contributed by atoms with Crippen LogP contribution in [0.5, 0.6) is 0 Å². The van der Waals surface area contributed by atoms with Gasteiger partial charge in [0.15, 0.2) is 0 Å². The van der Waals surface area contributed by atoms with E-state index in [0.717, 1.165) is 5.69 Å². The number of carbonyl (C=O) groups excluding carboxylic acids is 1. The Hall–Kier alpha value is -1.22. The maximum atomic E-state index is 11.1. The van der Waals surface area contributed by atoms with Crippen LogP contribution >= 0.6 is 11.6 Å². The van der Waals surface area contributed by atoms with E-state index in [4.69, 9.17) is 11.6 Å². The second-order valence-corrected chi connectivity index (χ2v) is 3.25. The van der Waals surface area contributed by atoms with Crippen LogP contribution in [0, 0.1) is 0 Å². The van der Waals surface area contributed by atoms with Crippen LogP contribution in [-0.2, 0) is 4.79 Å². The van der Waals surface area contributed by atoms with Gasteiger partial charge in [0.05, 0.1) is 6.54 Å². The minimum atomic E-state index is -0.0209. The first kappa shape index (κ1) is 10.9. The van der Waals surface area contributed by atoms with Crippen molar-refractivity contribution < 1.29 is 4.79 Å². The smallest absolute Gasteiger partial charge is 0.239 e. The molecule has 0 aliphatic carbocycles. The molecule has 76 valence electrons. The maximum Gasteiger partial charge on any atom is 0.239 e. The van der Waals surface area contributed by atoms with Crippen LogP contribution in [0.4, 0.5) is 5.69 Å². The number of amides is 1. The summed E-state index contributed by atoms with van der Waals surface area (Å²) in [6, 6.07) is 7.27. The van der Waals surface area contributed by atoms with Crippen LogP contribution in [0.2, 0.25) is 5.02 Å². The molecule has 0 spiro atoms. The summed E-state index contributed by atoms with van der Waals surface area (Å²) in [6.07, 6.45) is 0. The molecule has 0 aliphatic rings. The van der Waals surface area contributed by atoms with Crippen molar-refractivity contribution in [1.29, 1.82) is 0 Å². The number of anilines is 1. The van der Waals surface area contributed by atoms with Gasteiger partial charge in [-0.05, 0) is 25.1 Å². The summed E-state index contributed by atoms with van der Waals surface area (Å²) in [6.45, 7) is 2.81. The Morgan fingerprint density at radius 3 is 2.93 bits per heavy atom. The highest BCUT2D eigenvalue weighted by atomic mass is 35.5. The summed E-state index contributed by atoms with van der Waals surface area (Å²) in [5.41, 5.74) is 0.851.